The lowest BCUT2D eigenvalue weighted by atomic mass is 10.1. The molecule has 2 rings (SSSR count). The molecule has 0 radical (unpaired) electrons. The van der Waals surface area contributed by atoms with Crippen LogP contribution in [0.1, 0.15) is 23.8 Å². The van der Waals surface area contributed by atoms with E-state index in [9.17, 15) is 0 Å². The average Bonchev–Trinajstić information content (AvgIpc) is 2.84. The van der Waals surface area contributed by atoms with Crippen molar-refractivity contribution in [2.45, 2.75) is 26.3 Å². The van der Waals surface area contributed by atoms with E-state index in [2.05, 4.69) is 18.3 Å². The van der Waals surface area contributed by atoms with E-state index in [1.807, 2.05) is 37.3 Å². The number of anilines is 1. The molecular weight excluding hydrogens is 224 g/mol. The first-order chi connectivity index (χ1) is 8.70. The lowest BCUT2D eigenvalue weighted by Gasteiger charge is -2.17. The van der Waals surface area contributed by atoms with Gasteiger partial charge < -0.3 is 9.73 Å². The summed E-state index contributed by atoms with van der Waals surface area (Å²) in [6.07, 6.45) is 2.47. The molecule has 1 atom stereocenters. The highest BCUT2D eigenvalue weighted by atomic mass is 16.3. The van der Waals surface area contributed by atoms with Crippen molar-refractivity contribution in [1.29, 1.82) is 5.26 Å². The van der Waals surface area contributed by atoms with E-state index in [4.69, 9.17) is 9.68 Å². The number of rotatable bonds is 4. The number of nitrogens with zero attached hydrogens (tertiary/aromatic N) is 1. The van der Waals surface area contributed by atoms with Crippen LogP contribution in [0.25, 0.3) is 0 Å². The van der Waals surface area contributed by atoms with Gasteiger partial charge in [-0.2, -0.15) is 5.26 Å². The minimum absolute atomic E-state index is 0.212. The van der Waals surface area contributed by atoms with Crippen molar-refractivity contribution < 1.29 is 4.42 Å². The molecule has 0 amide bonds. The molecule has 0 spiro atoms. The minimum atomic E-state index is 0.212. The van der Waals surface area contributed by atoms with E-state index >= 15 is 0 Å². The van der Waals surface area contributed by atoms with Gasteiger partial charge in [0.25, 0.3) is 0 Å². The molecule has 3 nitrogen and oxygen atoms in total. The van der Waals surface area contributed by atoms with Crippen LogP contribution < -0.4 is 5.32 Å². The van der Waals surface area contributed by atoms with Crippen LogP contribution in [-0.4, -0.2) is 6.04 Å². The van der Waals surface area contributed by atoms with E-state index in [1.165, 1.54) is 0 Å². The monoisotopic (exact) mass is 240 g/mol. The summed E-state index contributed by atoms with van der Waals surface area (Å²) in [6, 6.07) is 12.0. The summed E-state index contributed by atoms with van der Waals surface area (Å²) in [5, 5.41) is 12.5. The molecule has 0 aliphatic rings. The van der Waals surface area contributed by atoms with Crippen LogP contribution in [0.3, 0.4) is 0 Å². The van der Waals surface area contributed by atoms with Gasteiger partial charge in [0, 0.05) is 12.5 Å². The first-order valence-corrected chi connectivity index (χ1v) is 5.99. The molecule has 0 fully saturated rings. The third kappa shape index (κ3) is 2.72. The fourth-order valence-electron chi connectivity index (χ4n) is 1.98. The standard InChI is InChI=1S/C15H16N2O/c1-11-5-3-6-13(10-16)15(11)17-12(2)9-14-7-4-8-18-14/h3-8,12,17H,9H2,1-2H3. The van der Waals surface area contributed by atoms with E-state index < -0.39 is 0 Å². The molecule has 1 heterocycles. The van der Waals surface area contributed by atoms with Crippen LogP contribution in [0.5, 0.6) is 0 Å². The molecule has 0 saturated heterocycles. The van der Waals surface area contributed by atoms with Crippen LogP contribution >= 0.6 is 0 Å². The molecule has 1 aromatic carbocycles. The fraction of sp³-hybridized carbons (Fsp3) is 0.267. The lowest BCUT2D eigenvalue weighted by molar-refractivity contribution is 0.497. The Morgan fingerprint density at radius 1 is 1.33 bits per heavy atom. The number of nitriles is 1. The number of hydrogen-bond donors (Lipinski definition) is 1. The molecule has 0 aliphatic carbocycles. The molecule has 1 unspecified atom stereocenters. The van der Waals surface area contributed by atoms with E-state index in [1.54, 1.807) is 6.26 Å². The van der Waals surface area contributed by atoms with Crippen molar-refractivity contribution in [2.24, 2.45) is 0 Å². The van der Waals surface area contributed by atoms with Gasteiger partial charge in [-0.15, -0.1) is 0 Å². The zero-order chi connectivity index (χ0) is 13.0. The first-order valence-electron chi connectivity index (χ1n) is 5.99. The molecular formula is C15H16N2O. The fourth-order valence-corrected chi connectivity index (χ4v) is 1.98. The first kappa shape index (κ1) is 12.3. The van der Waals surface area contributed by atoms with Crippen molar-refractivity contribution in [1.82, 2.24) is 0 Å². The normalized spacial score (nSPS) is 11.8. The summed E-state index contributed by atoms with van der Waals surface area (Å²) in [7, 11) is 0. The Labute approximate surface area is 107 Å². The van der Waals surface area contributed by atoms with Crippen molar-refractivity contribution in [3.8, 4) is 6.07 Å². The summed E-state index contributed by atoms with van der Waals surface area (Å²) < 4.78 is 5.32. The molecule has 3 heteroatoms. The van der Waals surface area contributed by atoms with Gasteiger partial charge in [-0.1, -0.05) is 12.1 Å². The Hall–Kier alpha value is -2.21. The maximum Gasteiger partial charge on any atom is 0.105 e. The summed E-state index contributed by atoms with van der Waals surface area (Å²) in [5.41, 5.74) is 2.68. The van der Waals surface area contributed by atoms with E-state index in [-0.39, 0.29) is 6.04 Å². The number of para-hydroxylation sites is 1. The van der Waals surface area contributed by atoms with Crippen molar-refractivity contribution in [3.05, 3.63) is 53.5 Å². The number of nitrogens with one attached hydrogen (secondary N) is 1. The van der Waals surface area contributed by atoms with Crippen LogP contribution in [0.4, 0.5) is 5.69 Å². The van der Waals surface area contributed by atoms with Gasteiger partial charge in [-0.25, -0.2) is 0 Å². The Morgan fingerprint density at radius 3 is 2.83 bits per heavy atom. The molecule has 0 aliphatic heterocycles. The summed E-state index contributed by atoms with van der Waals surface area (Å²) in [4.78, 5) is 0. The SMILES string of the molecule is Cc1cccc(C#N)c1NC(C)Cc1ccco1. The number of benzene rings is 1. The van der Waals surface area contributed by atoms with Gasteiger partial charge in [0.05, 0.1) is 17.5 Å². The van der Waals surface area contributed by atoms with Gasteiger partial charge in [-0.3, -0.25) is 0 Å². The highest BCUT2D eigenvalue weighted by molar-refractivity contribution is 5.62. The molecule has 1 aromatic heterocycles. The number of aryl methyl sites for hydroxylation is 1. The van der Waals surface area contributed by atoms with Crippen molar-refractivity contribution in [3.63, 3.8) is 0 Å². The Morgan fingerprint density at radius 2 is 2.17 bits per heavy atom. The van der Waals surface area contributed by atoms with Gasteiger partial charge in [0.15, 0.2) is 0 Å². The Bertz CT molecular complexity index is 552. The zero-order valence-corrected chi connectivity index (χ0v) is 10.6. The third-order valence-electron chi connectivity index (χ3n) is 2.87. The third-order valence-corrected chi connectivity index (χ3v) is 2.87. The van der Waals surface area contributed by atoms with E-state index in [0.717, 1.165) is 23.4 Å². The highest BCUT2D eigenvalue weighted by Gasteiger charge is 2.10. The van der Waals surface area contributed by atoms with Gasteiger partial charge in [0.1, 0.15) is 11.8 Å². The summed E-state index contributed by atoms with van der Waals surface area (Å²) >= 11 is 0. The Balaban J connectivity index is 2.12. The average molecular weight is 240 g/mol. The second-order valence-corrected chi connectivity index (χ2v) is 4.44. The largest absolute Gasteiger partial charge is 0.469 e. The topological polar surface area (TPSA) is 49.0 Å². The zero-order valence-electron chi connectivity index (χ0n) is 10.6. The van der Waals surface area contributed by atoms with Crippen LogP contribution in [0.2, 0.25) is 0 Å². The number of furan rings is 1. The number of hydrogen-bond acceptors (Lipinski definition) is 3. The molecule has 0 bridgehead atoms. The van der Waals surface area contributed by atoms with Gasteiger partial charge in [-0.05, 0) is 37.6 Å². The van der Waals surface area contributed by atoms with E-state index in [0.29, 0.717) is 5.56 Å². The molecule has 1 N–H and O–H groups in total. The molecule has 92 valence electrons. The van der Waals surface area contributed by atoms with Crippen LogP contribution in [0.15, 0.2) is 41.0 Å². The molecule has 0 saturated carbocycles. The van der Waals surface area contributed by atoms with Crippen LogP contribution in [-0.2, 0) is 6.42 Å². The quantitative estimate of drug-likeness (QED) is 0.889. The minimum Gasteiger partial charge on any atom is -0.469 e. The Kier molecular flexibility index (Phi) is 3.69. The second kappa shape index (κ2) is 5.42. The predicted octanol–water partition coefficient (Wildman–Crippen LogP) is 3.50. The lowest BCUT2D eigenvalue weighted by Crippen LogP contribution is -2.19. The van der Waals surface area contributed by atoms with Crippen LogP contribution in [0, 0.1) is 18.3 Å². The van der Waals surface area contributed by atoms with Crippen molar-refractivity contribution >= 4 is 5.69 Å². The second-order valence-electron chi connectivity index (χ2n) is 4.44. The molecule has 18 heavy (non-hydrogen) atoms. The summed E-state index contributed by atoms with van der Waals surface area (Å²) in [5.74, 6) is 0.946. The smallest absolute Gasteiger partial charge is 0.105 e. The maximum absolute atomic E-state index is 9.10. The highest BCUT2D eigenvalue weighted by Crippen LogP contribution is 2.21. The predicted molar refractivity (Wildman–Crippen MR) is 71.4 cm³/mol. The van der Waals surface area contributed by atoms with Gasteiger partial charge in [0.2, 0.25) is 0 Å². The molecule has 2 aromatic rings. The maximum atomic E-state index is 9.10. The summed E-state index contributed by atoms with van der Waals surface area (Å²) in [6.45, 7) is 4.08. The van der Waals surface area contributed by atoms with Gasteiger partial charge >= 0.3 is 0 Å². The van der Waals surface area contributed by atoms with Crippen molar-refractivity contribution in [2.75, 3.05) is 5.32 Å².